The first-order valence-electron chi connectivity index (χ1n) is 9.63. The first-order chi connectivity index (χ1) is 13.6. The summed E-state index contributed by atoms with van der Waals surface area (Å²) in [6.07, 6.45) is 2.26. The third-order valence-corrected chi connectivity index (χ3v) is 6.20. The summed E-state index contributed by atoms with van der Waals surface area (Å²) < 4.78 is 0. The molecule has 1 aromatic carbocycles. The standard InChI is InChI=1S/C21H24N4O2S/c1-14(26)22-18(19-9-5-11-28-19)12-20(27)25-10-4-6-15(13-25)21-23-16-7-2-3-8-17(16)24-21/h2-3,5,7-9,11,15,18H,4,6,10,12-13H2,1H3,(H,22,26)(H,23,24). The van der Waals surface area contributed by atoms with Crippen molar-refractivity contribution >= 4 is 34.2 Å². The zero-order chi connectivity index (χ0) is 19.5. The van der Waals surface area contributed by atoms with Gasteiger partial charge >= 0.3 is 0 Å². The number of carbonyl (C=O) groups is 2. The molecule has 3 heterocycles. The van der Waals surface area contributed by atoms with Crippen LogP contribution in [0.1, 0.15) is 48.8 Å². The van der Waals surface area contributed by atoms with Gasteiger partial charge in [-0.05, 0) is 36.4 Å². The largest absolute Gasteiger partial charge is 0.348 e. The Kier molecular flexibility index (Phi) is 5.43. The monoisotopic (exact) mass is 396 g/mol. The van der Waals surface area contributed by atoms with Crippen LogP contribution >= 0.6 is 11.3 Å². The van der Waals surface area contributed by atoms with E-state index in [2.05, 4.69) is 10.3 Å². The number of amides is 2. The SMILES string of the molecule is CC(=O)NC(CC(=O)N1CCCC(c2nc3ccccc3[nH]2)C1)c1cccs1. The number of fused-ring (bicyclic) bond motifs is 1. The maximum absolute atomic E-state index is 13.0. The van der Waals surface area contributed by atoms with E-state index in [1.807, 2.05) is 46.7 Å². The first-order valence-corrected chi connectivity index (χ1v) is 10.5. The van der Waals surface area contributed by atoms with Crippen molar-refractivity contribution in [2.45, 2.75) is 38.1 Å². The molecule has 0 radical (unpaired) electrons. The molecule has 6 nitrogen and oxygen atoms in total. The van der Waals surface area contributed by atoms with Crippen molar-refractivity contribution < 1.29 is 9.59 Å². The molecule has 0 bridgehead atoms. The Balaban J connectivity index is 1.45. The van der Waals surface area contributed by atoms with Crippen LogP contribution in [0.15, 0.2) is 41.8 Å². The lowest BCUT2D eigenvalue weighted by Crippen LogP contribution is -2.41. The fourth-order valence-electron chi connectivity index (χ4n) is 3.85. The molecule has 2 unspecified atom stereocenters. The van der Waals surface area contributed by atoms with Gasteiger partial charge in [-0.15, -0.1) is 11.3 Å². The van der Waals surface area contributed by atoms with Crippen molar-refractivity contribution in [3.05, 3.63) is 52.5 Å². The third kappa shape index (κ3) is 4.09. The van der Waals surface area contributed by atoms with Crippen LogP contribution in [0.25, 0.3) is 11.0 Å². The summed E-state index contributed by atoms with van der Waals surface area (Å²) in [5.74, 6) is 1.12. The molecule has 0 spiro atoms. The minimum Gasteiger partial charge on any atom is -0.348 e. The summed E-state index contributed by atoms with van der Waals surface area (Å²) >= 11 is 1.56. The van der Waals surface area contributed by atoms with Gasteiger partial charge in [0.25, 0.3) is 0 Å². The summed E-state index contributed by atoms with van der Waals surface area (Å²) in [5.41, 5.74) is 1.99. The van der Waals surface area contributed by atoms with Crippen LogP contribution in [-0.4, -0.2) is 39.8 Å². The number of aromatic nitrogens is 2. The minimum atomic E-state index is -0.267. The maximum Gasteiger partial charge on any atom is 0.225 e. The summed E-state index contributed by atoms with van der Waals surface area (Å²) in [6.45, 7) is 2.91. The highest BCUT2D eigenvalue weighted by Gasteiger charge is 2.29. The highest BCUT2D eigenvalue weighted by atomic mass is 32.1. The normalized spacial score (nSPS) is 18.2. The van der Waals surface area contributed by atoms with Crippen LogP contribution in [-0.2, 0) is 9.59 Å². The maximum atomic E-state index is 13.0. The van der Waals surface area contributed by atoms with Gasteiger partial charge in [-0.2, -0.15) is 0 Å². The second-order valence-electron chi connectivity index (χ2n) is 7.29. The Bertz CT molecular complexity index is 933. The highest BCUT2D eigenvalue weighted by Crippen LogP contribution is 2.29. The molecule has 1 fully saturated rings. The molecule has 0 saturated carbocycles. The summed E-state index contributed by atoms with van der Waals surface area (Å²) in [5, 5.41) is 4.88. The molecule has 1 saturated heterocycles. The average molecular weight is 397 g/mol. The Morgan fingerprint density at radius 1 is 1.32 bits per heavy atom. The van der Waals surface area contributed by atoms with Gasteiger partial charge in [0.1, 0.15) is 5.82 Å². The van der Waals surface area contributed by atoms with Gasteiger partial charge in [0, 0.05) is 30.8 Å². The fourth-order valence-corrected chi connectivity index (χ4v) is 4.63. The van der Waals surface area contributed by atoms with Crippen molar-refractivity contribution in [3.8, 4) is 0 Å². The second-order valence-corrected chi connectivity index (χ2v) is 8.27. The number of H-pyrrole nitrogens is 1. The molecule has 3 aromatic rings. The number of likely N-dealkylation sites (tertiary alicyclic amines) is 1. The van der Waals surface area contributed by atoms with Crippen LogP contribution in [0.2, 0.25) is 0 Å². The molecule has 2 aromatic heterocycles. The number of nitrogens with zero attached hydrogens (tertiary/aromatic N) is 2. The van der Waals surface area contributed by atoms with Crippen LogP contribution in [0.3, 0.4) is 0 Å². The molecule has 28 heavy (non-hydrogen) atoms. The first kappa shape index (κ1) is 18.7. The molecule has 1 aliphatic heterocycles. The molecule has 2 N–H and O–H groups in total. The van der Waals surface area contributed by atoms with Crippen molar-refractivity contribution in [1.29, 1.82) is 0 Å². The van der Waals surface area contributed by atoms with E-state index in [9.17, 15) is 9.59 Å². The van der Waals surface area contributed by atoms with Crippen molar-refractivity contribution in [2.24, 2.45) is 0 Å². The molecular weight excluding hydrogens is 372 g/mol. The van der Waals surface area contributed by atoms with Crippen molar-refractivity contribution in [3.63, 3.8) is 0 Å². The molecule has 1 aliphatic rings. The molecular formula is C21H24N4O2S. The molecule has 7 heteroatoms. The molecule has 2 amide bonds. The number of imidazole rings is 1. The number of piperidine rings is 1. The molecule has 2 atom stereocenters. The number of aromatic amines is 1. The van der Waals surface area contributed by atoms with E-state index >= 15 is 0 Å². The minimum absolute atomic E-state index is 0.0768. The van der Waals surface area contributed by atoms with Gasteiger partial charge in [-0.3, -0.25) is 9.59 Å². The topological polar surface area (TPSA) is 78.1 Å². The van der Waals surface area contributed by atoms with E-state index in [1.165, 1.54) is 6.92 Å². The predicted octanol–water partition coefficient (Wildman–Crippen LogP) is 3.60. The quantitative estimate of drug-likeness (QED) is 0.692. The van der Waals surface area contributed by atoms with Crippen LogP contribution in [0.5, 0.6) is 0 Å². The number of thiophene rings is 1. The van der Waals surface area contributed by atoms with Gasteiger partial charge in [0.05, 0.1) is 23.5 Å². The third-order valence-electron chi connectivity index (χ3n) is 5.21. The average Bonchev–Trinajstić information content (AvgIpc) is 3.37. The van der Waals surface area contributed by atoms with Crippen molar-refractivity contribution in [1.82, 2.24) is 20.2 Å². The van der Waals surface area contributed by atoms with Crippen LogP contribution in [0, 0.1) is 0 Å². The highest BCUT2D eigenvalue weighted by molar-refractivity contribution is 7.10. The van der Waals surface area contributed by atoms with Crippen LogP contribution < -0.4 is 5.32 Å². The lowest BCUT2D eigenvalue weighted by molar-refractivity contribution is -0.133. The van der Waals surface area contributed by atoms with Crippen molar-refractivity contribution in [2.75, 3.05) is 13.1 Å². The lowest BCUT2D eigenvalue weighted by atomic mass is 9.96. The van der Waals surface area contributed by atoms with E-state index in [0.717, 1.165) is 41.1 Å². The van der Waals surface area contributed by atoms with Gasteiger partial charge in [0.15, 0.2) is 0 Å². The van der Waals surface area contributed by atoms with Crippen LogP contribution in [0.4, 0.5) is 0 Å². The Labute approximate surface area is 168 Å². The van der Waals surface area contributed by atoms with E-state index in [0.29, 0.717) is 6.54 Å². The number of carbonyl (C=O) groups excluding carboxylic acids is 2. The summed E-state index contributed by atoms with van der Waals surface area (Å²) in [6, 6.07) is 11.6. The van der Waals surface area contributed by atoms with Gasteiger partial charge in [-0.25, -0.2) is 4.98 Å². The Morgan fingerprint density at radius 2 is 2.18 bits per heavy atom. The number of hydrogen-bond donors (Lipinski definition) is 2. The number of benzene rings is 1. The zero-order valence-electron chi connectivity index (χ0n) is 15.9. The molecule has 0 aliphatic carbocycles. The second kappa shape index (κ2) is 8.14. The van der Waals surface area contributed by atoms with Gasteiger partial charge < -0.3 is 15.2 Å². The van der Waals surface area contributed by atoms with Gasteiger partial charge in [0.2, 0.25) is 11.8 Å². The number of rotatable bonds is 5. The van der Waals surface area contributed by atoms with Gasteiger partial charge in [-0.1, -0.05) is 18.2 Å². The fraction of sp³-hybridized carbons (Fsp3) is 0.381. The molecule has 4 rings (SSSR count). The smallest absolute Gasteiger partial charge is 0.225 e. The number of nitrogens with one attached hydrogen (secondary N) is 2. The Hall–Kier alpha value is -2.67. The summed E-state index contributed by atoms with van der Waals surface area (Å²) in [7, 11) is 0. The van der Waals surface area contributed by atoms with E-state index in [-0.39, 0.29) is 30.2 Å². The van der Waals surface area contributed by atoms with E-state index in [1.54, 1.807) is 11.3 Å². The van der Waals surface area contributed by atoms with E-state index in [4.69, 9.17) is 4.98 Å². The lowest BCUT2D eigenvalue weighted by Gasteiger charge is -2.33. The number of hydrogen-bond acceptors (Lipinski definition) is 4. The molecule has 146 valence electrons. The summed E-state index contributed by atoms with van der Waals surface area (Å²) in [4.78, 5) is 35.6. The predicted molar refractivity (Wildman–Crippen MR) is 110 cm³/mol. The number of para-hydroxylation sites is 2. The zero-order valence-corrected chi connectivity index (χ0v) is 16.7. The van der Waals surface area contributed by atoms with E-state index < -0.39 is 0 Å². The Morgan fingerprint density at radius 3 is 2.93 bits per heavy atom.